The fourth-order valence-electron chi connectivity index (χ4n) is 2.58. The van der Waals surface area contributed by atoms with Crippen molar-refractivity contribution >= 4 is 5.78 Å². The summed E-state index contributed by atoms with van der Waals surface area (Å²) in [4.78, 5) is 11.4. The molecule has 1 rings (SSSR count). The van der Waals surface area contributed by atoms with Gasteiger partial charge in [-0.2, -0.15) is 0 Å². The quantitative estimate of drug-likeness (QED) is 0.610. The maximum Gasteiger partial charge on any atom is 0.133 e. The summed E-state index contributed by atoms with van der Waals surface area (Å²) in [5.41, 5.74) is 0. The molecule has 0 N–H and O–H groups in total. The Bertz CT molecular complexity index is 159. The Morgan fingerprint density at radius 2 is 2.00 bits per heavy atom. The first kappa shape index (κ1) is 10.7. The summed E-state index contributed by atoms with van der Waals surface area (Å²) in [6, 6.07) is 0. The highest BCUT2D eigenvalue weighted by molar-refractivity contribution is 5.78. The minimum absolute atomic E-state index is 0.509. The standard InChI is InChI=1S/C12H22O/c1-3-10(4-2)11-7-5-6-8-12(13)9-11/h10-11H,3-9H2,1-2H3. The second kappa shape index (κ2) is 5.41. The lowest BCUT2D eigenvalue weighted by atomic mass is 9.82. The van der Waals surface area contributed by atoms with Crippen LogP contribution in [0.5, 0.6) is 0 Å². The first-order chi connectivity index (χ1) is 6.27. The third-order valence-electron chi connectivity index (χ3n) is 3.49. The number of Topliss-reactive ketones (excluding diaryl/α,β-unsaturated/α-hetero) is 1. The SMILES string of the molecule is CCC(CC)C1CCCCC(=O)C1. The second-order valence-corrected chi connectivity index (χ2v) is 4.33. The van der Waals surface area contributed by atoms with Crippen LogP contribution in [0.15, 0.2) is 0 Å². The Morgan fingerprint density at radius 3 is 2.62 bits per heavy atom. The summed E-state index contributed by atoms with van der Waals surface area (Å²) in [7, 11) is 0. The van der Waals surface area contributed by atoms with Crippen molar-refractivity contribution < 1.29 is 4.79 Å². The molecule has 1 fully saturated rings. The Labute approximate surface area is 81.9 Å². The van der Waals surface area contributed by atoms with Crippen LogP contribution in [0, 0.1) is 11.8 Å². The molecule has 0 aliphatic heterocycles. The molecule has 0 heterocycles. The van der Waals surface area contributed by atoms with Gasteiger partial charge < -0.3 is 0 Å². The lowest BCUT2D eigenvalue weighted by molar-refractivity contribution is -0.119. The molecule has 0 aromatic carbocycles. The average molecular weight is 182 g/mol. The van der Waals surface area contributed by atoms with Crippen LogP contribution in [-0.2, 0) is 4.79 Å². The average Bonchev–Trinajstić information content (AvgIpc) is 2.32. The van der Waals surface area contributed by atoms with E-state index in [-0.39, 0.29) is 0 Å². The summed E-state index contributed by atoms with van der Waals surface area (Å²) in [5, 5.41) is 0. The smallest absolute Gasteiger partial charge is 0.133 e. The summed E-state index contributed by atoms with van der Waals surface area (Å²) in [5.74, 6) is 2.00. The summed E-state index contributed by atoms with van der Waals surface area (Å²) >= 11 is 0. The molecule has 76 valence electrons. The van der Waals surface area contributed by atoms with E-state index in [4.69, 9.17) is 0 Å². The molecule has 0 radical (unpaired) electrons. The Morgan fingerprint density at radius 1 is 1.31 bits per heavy atom. The molecular formula is C12H22O. The van der Waals surface area contributed by atoms with Gasteiger partial charge in [-0.15, -0.1) is 0 Å². The van der Waals surface area contributed by atoms with Crippen molar-refractivity contribution in [1.82, 2.24) is 0 Å². The van der Waals surface area contributed by atoms with Crippen molar-refractivity contribution in [2.24, 2.45) is 11.8 Å². The van der Waals surface area contributed by atoms with E-state index in [0.29, 0.717) is 11.7 Å². The first-order valence-corrected chi connectivity index (χ1v) is 5.79. The van der Waals surface area contributed by atoms with Crippen molar-refractivity contribution in [1.29, 1.82) is 0 Å². The monoisotopic (exact) mass is 182 g/mol. The largest absolute Gasteiger partial charge is 0.300 e. The zero-order chi connectivity index (χ0) is 9.68. The summed E-state index contributed by atoms with van der Waals surface area (Å²) in [6.07, 6.45) is 7.90. The molecule has 0 spiro atoms. The van der Waals surface area contributed by atoms with E-state index >= 15 is 0 Å². The van der Waals surface area contributed by atoms with Crippen molar-refractivity contribution in [2.75, 3.05) is 0 Å². The molecule has 1 aliphatic carbocycles. The predicted octanol–water partition coefficient (Wildman–Crippen LogP) is 3.57. The molecule has 1 atom stereocenters. The first-order valence-electron chi connectivity index (χ1n) is 5.79. The van der Waals surface area contributed by atoms with E-state index < -0.39 is 0 Å². The molecule has 1 unspecified atom stereocenters. The molecule has 1 heteroatoms. The van der Waals surface area contributed by atoms with Gasteiger partial charge in [-0.05, 0) is 24.7 Å². The zero-order valence-corrected chi connectivity index (χ0v) is 9.01. The van der Waals surface area contributed by atoms with Crippen LogP contribution in [0.1, 0.15) is 58.8 Å². The number of carbonyl (C=O) groups is 1. The summed E-state index contributed by atoms with van der Waals surface area (Å²) in [6.45, 7) is 4.51. The van der Waals surface area contributed by atoms with E-state index in [1.807, 2.05) is 0 Å². The van der Waals surface area contributed by atoms with Gasteiger partial charge >= 0.3 is 0 Å². The van der Waals surface area contributed by atoms with E-state index in [1.54, 1.807) is 0 Å². The normalized spacial score (nSPS) is 24.8. The van der Waals surface area contributed by atoms with E-state index in [1.165, 1.54) is 25.7 Å². The molecule has 1 aliphatic rings. The van der Waals surface area contributed by atoms with Crippen LogP contribution >= 0.6 is 0 Å². The van der Waals surface area contributed by atoms with E-state index in [9.17, 15) is 4.79 Å². The van der Waals surface area contributed by atoms with Crippen LogP contribution < -0.4 is 0 Å². The van der Waals surface area contributed by atoms with Gasteiger partial charge in [-0.1, -0.05) is 33.1 Å². The number of hydrogen-bond acceptors (Lipinski definition) is 1. The molecule has 0 aromatic rings. The maximum atomic E-state index is 11.4. The Kier molecular flexibility index (Phi) is 4.47. The Balaban J connectivity index is 2.50. The molecule has 1 saturated carbocycles. The van der Waals surface area contributed by atoms with Crippen molar-refractivity contribution in [3.8, 4) is 0 Å². The third-order valence-corrected chi connectivity index (χ3v) is 3.49. The molecule has 0 saturated heterocycles. The van der Waals surface area contributed by atoms with Crippen molar-refractivity contribution in [3.63, 3.8) is 0 Å². The number of carbonyl (C=O) groups excluding carboxylic acids is 1. The van der Waals surface area contributed by atoms with Gasteiger partial charge in [-0.25, -0.2) is 0 Å². The molecule has 0 aromatic heterocycles. The van der Waals surface area contributed by atoms with Crippen LogP contribution in [-0.4, -0.2) is 5.78 Å². The number of rotatable bonds is 3. The maximum absolute atomic E-state index is 11.4. The van der Waals surface area contributed by atoms with Gasteiger partial charge in [0, 0.05) is 12.8 Å². The van der Waals surface area contributed by atoms with Gasteiger partial charge in [-0.3, -0.25) is 4.79 Å². The molecule has 13 heavy (non-hydrogen) atoms. The molecule has 1 nitrogen and oxygen atoms in total. The molecular weight excluding hydrogens is 160 g/mol. The van der Waals surface area contributed by atoms with E-state index in [2.05, 4.69) is 13.8 Å². The lowest BCUT2D eigenvalue weighted by Crippen LogP contribution is -2.15. The highest BCUT2D eigenvalue weighted by atomic mass is 16.1. The van der Waals surface area contributed by atoms with Crippen LogP contribution in [0.4, 0.5) is 0 Å². The predicted molar refractivity (Wildman–Crippen MR) is 55.7 cm³/mol. The Hall–Kier alpha value is -0.330. The van der Waals surface area contributed by atoms with Crippen molar-refractivity contribution in [3.05, 3.63) is 0 Å². The second-order valence-electron chi connectivity index (χ2n) is 4.33. The minimum Gasteiger partial charge on any atom is -0.300 e. The highest BCUT2D eigenvalue weighted by Crippen LogP contribution is 2.30. The molecule has 0 amide bonds. The van der Waals surface area contributed by atoms with Crippen LogP contribution in [0.3, 0.4) is 0 Å². The van der Waals surface area contributed by atoms with Gasteiger partial charge in [0.05, 0.1) is 0 Å². The van der Waals surface area contributed by atoms with Gasteiger partial charge in [0.1, 0.15) is 5.78 Å². The third kappa shape index (κ3) is 3.13. The van der Waals surface area contributed by atoms with Crippen LogP contribution in [0.2, 0.25) is 0 Å². The van der Waals surface area contributed by atoms with Crippen LogP contribution in [0.25, 0.3) is 0 Å². The summed E-state index contributed by atoms with van der Waals surface area (Å²) < 4.78 is 0. The zero-order valence-electron chi connectivity index (χ0n) is 9.01. The number of hydrogen-bond donors (Lipinski definition) is 0. The molecule has 0 bridgehead atoms. The van der Waals surface area contributed by atoms with Gasteiger partial charge in [0.15, 0.2) is 0 Å². The van der Waals surface area contributed by atoms with Crippen molar-refractivity contribution in [2.45, 2.75) is 58.8 Å². The van der Waals surface area contributed by atoms with Gasteiger partial charge in [0.2, 0.25) is 0 Å². The topological polar surface area (TPSA) is 17.1 Å². The fourth-order valence-corrected chi connectivity index (χ4v) is 2.58. The lowest BCUT2D eigenvalue weighted by Gasteiger charge is -2.22. The van der Waals surface area contributed by atoms with E-state index in [0.717, 1.165) is 25.2 Å². The fraction of sp³-hybridized carbons (Fsp3) is 0.917. The van der Waals surface area contributed by atoms with Gasteiger partial charge in [0.25, 0.3) is 0 Å². The number of ketones is 1. The highest BCUT2D eigenvalue weighted by Gasteiger charge is 2.23. The minimum atomic E-state index is 0.509.